The van der Waals surface area contributed by atoms with Gasteiger partial charge in [-0.15, -0.1) is 0 Å². The predicted octanol–water partition coefficient (Wildman–Crippen LogP) is 3.54. The second-order valence-electron chi connectivity index (χ2n) is 5.48. The summed E-state index contributed by atoms with van der Waals surface area (Å²) >= 11 is 0. The molecule has 2 N–H and O–H groups in total. The fourth-order valence-corrected chi connectivity index (χ4v) is 2.38. The molecule has 23 heavy (non-hydrogen) atoms. The van der Waals surface area contributed by atoms with Crippen LogP contribution in [0.4, 0.5) is 5.95 Å². The van der Waals surface area contributed by atoms with Crippen molar-refractivity contribution in [1.82, 2.24) is 9.97 Å². The molecule has 0 fully saturated rings. The Morgan fingerprint density at radius 1 is 1.09 bits per heavy atom. The maximum absolute atomic E-state index is 9.05. The summed E-state index contributed by atoms with van der Waals surface area (Å²) in [6, 6.07) is 15.4. The van der Waals surface area contributed by atoms with Crippen LogP contribution >= 0.6 is 0 Å². The van der Waals surface area contributed by atoms with E-state index in [0.29, 0.717) is 11.4 Å². The molecule has 0 aliphatic rings. The minimum absolute atomic E-state index is 0.0157. The highest BCUT2D eigenvalue weighted by molar-refractivity contribution is 5.89. The lowest BCUT2D eigenvalue weighted by Gasteiger charge is -2.12. The Morgan fingerprint density at radius 3 is 2.61 bits per heavy atom. The fraction of sp³-hybridized carbons (Fsp3) is 0.167. The van der Waals surface area contributed by atoms with Crippen molar-refractivity contribution in [3.8, 4) is 23.1 Å². The van der Waals surface area contributed by atoms with Gasteiger partial charge >= 0.3 is 0 Å². The summed E-state index contributed by atoms with van der Waals surface area (Å²) < 4.78 is 5.76. The van der Waals surface area contributed by atoms with Crippen LogP contribution in [0.1, 0.15) is 19.4 Å². The molecule has 0 bridgehead atoms. The Kier molecular flexibility index (Phi) is 3.82. The van der Waals surface area contributed by atoms with E-state index < -0.39 is 0 Å². The highest BCUT2D eigenvalue weighted by atomic mass is 16.5. The Morgan fingerprint density at radius 2 is 1.87 bits per heavy atom. The predicted molar refractivity (Wildman–Crippen MR) is 89.9 cm³/mol. The summed E-state index contributed by atoms with van der Waals surface area (Å²) in [4.78, 5) is 8.45. The molecule has 1 aromatic heterocycles. The number of aromatic nitrogens is 2. The van der Waals surface area contributed by atoms with Crippen LogP contribution in [0, 0.1) is 11.3 Å². The van der Waals surface area contributed by atoms with Crippen LogP contribution in [0.25, 0.3) is 22.0 Å². The SMILES string of the molecule is CC(C)Oc1nc(N)nc2ccc(-c3cccc(C#N)c3)cc12. The van der Waals surface area contributed by atoms with E-state index in [2.05, 4.69) is 16.0 Å². The van der Waals surface area contributed by atoms with Crippen LogP contribution in [0.5, 0.6) is 5.88 Å². The molecule has 3 aromatic rings. The summed E-state index contributed by atoms with van der Waals surface area (Å²) in [7, 11) is 0. The van der Waals surface area contributed by atoms with Gasteiger partial charge in [-0.2, -0.15) is 10.2 Å². The van der Waals surface area contributed by atoms with Crippen molar-refractivity contribution in [2.24, 2.45) is 0 Å². The fourth-order valence-electron chi connectivity index (χ4n) is 2.38. The van der Waals surface area contributed by atoms with Crippen LogP contribution in [0.2, 0.25) is 0 Å². The van der Waals surface area contributed by atoms with E-state index in [-0.39, 0.29) is 12.1 Å². The Hall–Kier alpha value is -3.13. The quantitative estimate of drug-likeness (QED) is 0.800. The summed E-state index contributed by atoms with van der Waals surface area (Å²) in [6.07, 6.45) is -0.0157. The molecule has 3 rings (SSSR count). The number of ether oxygens (including phenoxy) is 1. The molecule has 0 amide bonds. The lowest BCUT2D eigenvalue weighted by Crippen LogP contribution is -2.09. The van der Waals surface area contributed by atoms with Gasteiger partial charge in [0, 0.05) is 0 Å². The molecule has 0 saturated carbocycles. The van der Waals surface area contributed by atoms with Crippen molar-refractivity contribution in [2.45, 2.75) is 20.0 Å². The molecule has 0 saturated heterocycles. The van der Waals surface area contributed by atoms with Gasteiger partial charge in [-0.3, -0.25) is 0 Å². The Bertz CT molecular complexity index is 913. The largest absolute Gasteiger partial charge is 0.474 e. The van der Waals surface area contributed by atoms with Crippen LogP contribution in [0.3, 0.4) is 0 Å². The standard InChI is InChI=1S/C18H16N4O/c1-11(2)23-17-15-9-14(6-7-16(15)21-18(20)22-17)13-5-3-4-12(8-13)10-19/h3-9,11H,1-2H3,(H2,20,21,22). The van der Waals surface area contributed by atoms with Crippen LogP contribution in [0.15, 0.2) is 42.5 Å². The molecule has 2 aromatic carbocycles. The number of anilines is 1. The minimum atomic E-state index is -0.0157. The van der Waals surface area contributed by atoms with E-state index in [4.69, 9.17) is 15.7 Å². The molecule has 114 valence electrons. The molecule has 5 heteroatoms. The van der Waals surface area contributed by atoms with Crippen molar-refractivity contribution >= 4 is 16.9 Å². The summed E-state index contributed by atoms with van der Waals surface area (Å²) in [6.45, 7) is 3.87. The normalized spacial score (nSPS) is 10.7. The molecule has 0 aliphatic carbocycles. The van der Waals surface area contributed by atoms with Crippen LogP contribution in [-0.4, -0.2) is 16.1 Å². The molecule has 0 spiro atoms. The highest BCUT2D eigenvalue weighted by Crippen LogP contribution is 2.30. The van der Waals surface area contributed by atoms with Gasteiger partial charge in [0.15, 0.2) is 0 Å². The number of benzene rings is 2. The highest BCUT2D eigenvalue weighted by Gasteiger charge is 2.11. The zero-order valence-corrected chi connectivity index (χ0v) is 12.9. The van der Waals surface area contributed by atoms with Gasteiger partial charge in [0.05, 0.1) is 28.6 Å². The first-order valence-electron chi connectivity index (χ1n) is 7.31. The number of hydrogen-bond donors (Lipinski definition) is 1. The van der Waals surface area contributed by atoms with E-state index in [1.54, 1.807) is 6.07 Å². The zero-order chi connectivity index (χ0) is 16.4. The van der Waals surface area contributed by atoms with Crippen LogP contribution < -0.4 is 10.5 Å². The number of nitrogens with zero attached hydrogens (tertiary/aromatic N) is 3. The van der Waals surface area contributed by atoms with Crippen molar-refractivity contribution in [3.63, 3.8) is 0 Å². The van der Waals surface area contributed by atoms with Gasteiger partial charge in [-0.1, -0.05) is 18.2 Å². The molecule has 0 unspecified atom stereocenters. The lowest BCUT2D eigenvalue weighted by molar-refractivity contribution is 0.236. The number of rotatable bonds is 3. The first kappa shape index (κ1) is 14.8. The van der Waals surface area contributed by atoms with Gasteiger partial charge in [0.25, 0.3) is 0 Å². The minimum Gasteiger partial charge on any atom is -0.474 e. The average Bonchev–Trinajstić information content (AvgIpc) is 2.54. The monoisotopic (exact) mass is 304 g/mol. The average molecular weight is 304 g/mol. The maximum atomic E-state index is 9.05. The maximum Gasteiger partial charge on any atom is 0.226 e. The second-order valence-corrected chi connectivity index (χ2v) is 5.48. The number of fused-ring (bicyclic) bond motifs is 1. The molecule has 1 heterocycles. The topological polar surface area (TPSA) is 84.8 Å². The third-order valence-corrected chi connectivity index (χ3v) is 3.35. The number of nitrogens with two attached hydrogens (primary N) is 1. The van der Waals surface area contributed by atoms with Crippen molar-refractivity contribution < 1.29 is 4.74 Å². The molecule has 0 atom stereocenters. The van der Waals surface area contributed by atoms with Crippen LogP contribution in [-0.2, 0) is 0 Å². The Labute approximate surface area is 134 Å². The molecular weight excluding hydrogens is 288 g/mol. The molecular formula is C18H16N4O. The van der Waals surface area contributed by atoms with Crippen molar-refractivity contribution in [2.75, 3.05) is 5.73 Å². The van der Waals surface area contributed by atoms with Crippen molar-refractivity contribution in [3.05, 3.63) is 48.0 Å². The van der Waals surface area contributed by atoms with E-state index >= 15 is 0 Å². The van der Waals surface area contributed by atoms with Crippen molar-refractivity contribution in [1.29, 1.82) is 5.26 Å². The first-order valence-corrected chi connectivity index (χ1v) is 7.31. The van der Waals surface area contributed by atoms with Gasteiger partial charge in [0.1, 0.15) is 0 Å². The van der Waals surface area contributed by atoms with E-state index in [1.807, 2.05) is 50.2 Å². The second kappa shape index (κ2) is 5.93. The van der Waals surface area contributed by atoms with Gasteiger partial charge in [0.2, 0.25) is 11.8 Å². The summed E-state index contributed by atoms with van der Waals surface area (Å²) in [5, 5.41) is 9.85. The number of hydrogen-bond acceptors (Lipinski definition) is 5. The van der Waals surface area contributed by atoms with E-state index in [9.17, 15) is 0 Å². The van der Waals surface area contributed by atoms with E-state index in [1.165, 1.54) is 0 Å². The molecule has 0 aliphatic heterocycles. The molecule has 5 nitrogen and oxygen atoms in total. The van der Waals surface area contributed by atoms with Gasteiger partial charge < -0.3 is 10.5 Å². The Balaban J connectivity index is 2.17. The van der Waals surface area contributed by atoms with Gasteiger partial charge in [-0.25, -0.2) is 4.98 Å². The smallest absolute Gasteiger partial charge is 0.226 e. The number of nitrogen functional groups attached to an aromatic ring is 1. The van der Waals surface area contributed by atoms with E-state index in [0.717, 1.165) is 22.0 Å². The number of nitriles is 1. The third-order valence-electron chi connectivity index (χ3n) is 3.35. The lowest BCUT2D eigenvalue weighted by atomic mass is 10.0. The van der Waals surface area contributed by atoms with Gasteiger partial charge in [-0.05, 0) is 49.2 Å². The molecule has 0 radical (unpaired) electrons. The third kappa shape index (κ3) is 3.06. The summed E-state index contributed by atoms with van der Waals surface area (Å²) in [5.41, 5.74) is 9.03. The zero-order valence-electron chi connectivity index (χ0n) is 12.9. The summed E-state index contributed by atoms with van der Waals surface area (Å²) in [5.74, 6) is 0.660. The first-order chi connectivity index (χ1) is 11.1.